The topological polar surface area (TPSA) is 42.3 Å². The highest BCUT2D eigenvalue weighted by molar-refractivity contribution is 5.49. The van der Waals surface area contributed by atoms with Crippen LogP contribution in [0.5, 0.6) is 0 Å². The molecule has 1 fully saturated rings. The molecule has 1 N–H and O–H groups in total. The Balaban J connectivity index is 2.07. The third kappa shape index (κ3) is 3.52. The molecule has 0 aliphatic carbocycles. The second-order valence-corrected chi connectivity index (χ2v) is 5.70. The number of likely N-dealkylation sites (N-methyl/N-ethyl adjacent to an activating group) is 1. The number of ether oxygens (including phenoxy) is 1. The fourth-order valence-corrected chi connectivity index (χ4v) is 2.94. The van der Waals surface area contributed by atoms with Crippen molar-refractivity contribution in [1.29, 1.82) is 0 Å². The fraction of sp³-hybridized carbons (Fsp3) is 0.800. The predicted molar refractivity (Wildman–Crippen MR) is 82.2 cm³/mol. The van der Waals surface area contributed by atoms with E-state index in [0.29, 0.717) is 6.10 Å². The Labute approximate surface area is 122 Å². The Morgan fingerprint density at radius 1 is 1.50 bits per heavy atom. The largest absolute Gasteiger partial charge is 0.376 e. The lowest BCUT2D eigenvalue weighted by Crippen LogP contribution is -2.31. The van der Waals surface area contributed by atoms with E-state index in [1.807, 2.05) is 11.7 Å². The van der Waals surface area contributed by atoms with Crippen molar-refractivity contribution in [2.75, 3.05) is 31.6 Å². The van der Waals surface area contributed by atoms with Gasteiger partial charge in [-0.2, -0.15) is 5.10 Å². The first-order chi connectivity index (χ1) is 9.63. The van der Waals surface area contributed by atoms with Gasteiger partial charge in [0.05, 0.1) is 11.8 Å². The summed E-state index contributed by atoms with van der Waals surface area (Å²) in [6.45, 7) is 8.06. The molecule has 20 heavy (non-hydrogen) atoms. The van der Waals surface area contributed by atoms with Crippen LogP contribution >= 0.6 is 0 Å². The summed E-state index contributed by atoms with van der Waals surface area (Å²) < 4.78 is 7.74. The molecule has 1 aliphatic heterocycles. The monoisotopic (exact) mass is 280 g/mol. The van der Waals surface area contributed by atoms with E-state index in [9.17, 15) is 0 Å². The Bertz CT molecular complexity index is 424. The maximum Gasteiger partial charge on any atom is 0.131 e. The molecule has 1 unspecified atom stereocenters. The Morgan fingerprint density at radius 3 is 2.95 bits per heavy atom. The molecular formula is C15H28N4O. The van der Waals surface area contributed by atoms with Crippen molar-refractivity contribution in [1.82, 2.24) is 15.1 Å². The summed E-state index contributed by atoms with van der Waals surface area (Å²) in [6.07, 6.45) is 3.88. The fourth-order valence-electron chi connectivity index (χ4n) is 2.94. The highest BCUT2D eigenvalue weighted by Crippen LogP contribution is 2.24. The van der Waals surface area contributed by atoms with Crippen molar-refractivity contribution in [3.8, 4) is 0 Å². The minimum Gasteiger partial charge on any atom is -0.376 e. The first kappa shape index (κ1) is 15.3. The van der Waals surface area contributed by atoms with Gasteiger partial charge in [0.15, 0.2) is 0 Å². The van der Waals surface area contributed by atoms with E-state index in [4.69, 9.17) is 4.74 Å². The van der Waals surface area contributed by atoms with E-state index in [2.05, 4.69) is 36.2 Å². The van der Waals surface area contributed by atoms with Crippen LogP contribution in [0.3, 0.4) is 0 Å². The van der Waals surface area contributed by atoms with E-state index < -0.39 is 0 Å². The second-order valence-electron chi connectivity index (χ2n) is 5.70. The van der Waals surface area contributed by atoms with E-state index in [1.165, 1.54) is 24.2 Å². The van der Waals surface area contributed by atoms with Crippen LogP contribution in [-0.4, -0.2) is 42.6 Å². The molecule has 0 amide bonds. The van der Waals surface area contributed by atoms with Gasteiger partial charge in [-0.05, 0) is 32.7 Å². The summed E-state index contributed by atoms with van der Waals surface area (Å²) in [7, 11) is 4.17. The maximum atomic E-state index is 5.74. The molecule has 0 spiro atoms. The number of nitrogens with one attached hydrogen (secondary N) is 1. The van der Waals surface area contributed by atoms with Gasteiger partial charge in [0, 0.05) is 39.4 Å². The van der Waals surface area contributed by atoms with Gasteiger partial charge in [-0.25, -0.2) is 0 Å². The highest BCUT2D eigenvalue weighted by atomic mass is 16.5. The van der Waals surface area contributed by atoms with Crippen LogP contribution in [0.4, 0.5) is 5.82 Å². The van der Waals surface area contributed by atoms with Gasteiger partial charge < -0.3 is 15.0 Å². The van der Waals surface area contributed by atoms with Gasteiger partial charge in [-0.15, -0.1) is 0 Å². The molecule has 1 aromatic rings. The first-order valence-electron chi connectivity index (χ1n) is 7.69. The minimum atomic E-state index is 0.367. The normalized spacial score (nSPS) is 18.7. The van der Waals surface area contributed by atoms with Crippen LogP contribution in [0.1, 0.15) is 37.4 Å². The van der Waals surface area contributed by atoms with Crippen LogP contribution in [0.15, 0.2) is 0 Å². The number of rotatable bonds is 7. The smallest absolute Gasteiger partial charge is 0.131 e. The quantitative estimate of drug-likeness (QED) is 0.774. The summed E-state index contributed by atoms with van der Waals surface area (Å²) in [6, 6.07) is 0. The van der Waals surface area contributed by atoms with Crippen molar-refractivity contribution < 1.29 is 4.74 Å². The van der Waals surface area contributed by atoms with Gasteiger partial charge in [0.25, 0.3) is 0 Å². The maximum absolute atomic E-state index is 5.74. The molecule has 5 heteroatoms. The van der Waals surface area contributed by atoms with Crippen molar-refractivity contribution in [3.63, 3.8) is 0 Å². The first-order valence-corrected chi connectivity index (χ1v) is 7.69. The van der Waals surface area contributed by atoms with Crippen LogP contribution < -0.4 is 10.2 Å². The van der Waals surface area contributed by atoms with Crippen LogP contribution in [0.2, 0.25) is 0 Å². The molecule has 2 rings (SSSR count). The minimum absolute atomic E-state index is 0.367. The Hall–Kier alpha value is -1.07. The molecule has 5 nitrogen and oxygen atoms in total. The zero-order valence-electron chi connectivity index (χ0n) is 13.3. The van der Waals surface area contributed by atoms with E-state index >= 15 is 0 Å². The lowest BCUT2D eigenvalue weighted by Gasteiger charge is -2.24. The van der Waals surface area contributed by atoms with E-state index in [-0.39, 0.29) is 0 Å². The molecule has 0 saturated carbocycles. The van der Waals surface area contributed by atoms with Crippen LogP contribution in [-0.2, 0) is 18.3 Å². The average Bonchev–Trinajstić information content (AvgIpc) is 2.98. The predicted octanol–water partition coefficient (Wildman–Crippen LogP) is 1.84. The highest BCUT2D eigenvalue weighted by Gasteiger charge is 2.22. The third-order valence-electron chi connectivity index (χ3n) is 3.90. The summed E-state index contributed by atoms with van der Waals surface area (Å²) in [5, 5.41) is 8.06. The van der Waals surface area contributed by atoms with Gasteiger partial charge in [-0.3, -0.25) is 4.68 Å². The average molecular weight is 280 g/mol. The number of hydrogen-bond donors (Lipinski definition) is 1. The van der Waals surface area contributed by atoms with Crippen LogP contribution in [0.25, 0.3) is 0 Å². The van der Waals surface area contributed by atoms with E-state index in [0.717, 1.165) is 38.4 Å². The lowest BCUT2D eigenvalue weighted by atomic mass is 10.2. The van der Waals surface area contributed by atoms with Crippen molar-refractivity contribution in [2.45, 2.75) is 45.8 Å². The Kier molecular flexibility index (Phi) is 5.43. The van der Waals surface area contributed by atoms with Gasteiger partial charge in [0.2, 0.25) is 0 Å². The number of anilines is 1. The standard InChI is InChI=1S/C15H28N4O/c1-5-8-16-10-14-12(2)17-19(4)15(14)18(3)11-13-7-6-9-20-13/h13,16H,5-11H2,1-4H3. The molecule has 0 bridgehead atoms. The number of hydrogen-bond acceptors (Lipinski definition) is 4. The molecule has 0 radical (unpaired) electrons. The van der Waals surface area contributed by atoms with Crippen molar-refractivity contribution in [2.24, 2.45) is 7.05 Å². The summed E-state index contributed by atoms with van der Waals surface area (Å²) in [5.41, 5.74) is 2.42. The van der Waals surface area contributed by atoms with Crippen LogP contribution in [0, 0.1) is 6.92 Å². The number of aromatic nitrogens is 2. The molecule has 2 heterocycles. The zero-order valence-corrected chi connectivity index (χ0v) is 13.3. The molecule has 1 aliphatic rings. The Morgan fingerprint density at radius 2 is 2.30 bits per heavy atom. The summed E-state index contributed by atoms with van der Waals surface area (Å²) >= 11 is 0. The number of aryl methyl sites for hydroxylation is 2. The van der Waals surface area contributed by atoms with Gasteiger partial charge in [-0.1, -0.05) is 6.92 Å². The SMILES string of the molecule is CCCNCc1c(C)nn(C)c1N(C)CC1CCCO1. The van der Waals surface area contributed by atoms with Crippen molar-refractivity contribution >= 4 is 5.82 Å². The molecular weight excluding hydrogens is 252 g/mol. The molecule has 114 valence electrons. The molecule has 0 aromatic carbocycles. The van der Waals surface area contributed by atoms with Gasteiger partial charge in [0.1, 0.15) is 5.82 Å². The molecule has 1 aromatic heterocycles. The number of nitrogens with zero attached hydrogens (tertiary/aromatic N) is 3. The summed E-state index contributed by atoms with van der Waals surface area (Å²) in [5.74, 6) is 1.21. The summed E-state index contributed by atoms with van der Waals surface area (Å²) in [4.78, 5) is 2.29. The molecule has 1 atom stereocenters. The lowest BCUT2D eigenvalue weighted by molar-refractivity contribution is 0.116. The van der Waals surface area contributed by atoms with Gasteiger partial charge >= 0.3 is 0 Å². The van der Waals surface area contributed by atoms with Crippen molar-refractivity contribution in [3.05, 3.63) is 11.3 Å². The second kappa shape index (κ2) is 7.09. The molecule has 1 saturated heterocycles. The third-order valence-corrected chi connectivity index (χ3v) is 3.90. The zero-order chi connectivity index (χ0) is 14.5. The van der Waals surface area contributed by atoms with E-state index in [1.54, 1.807) is 0 Å².